The number of benzene rings is 2. The Morgan fingerprint density at radius 1 is 1.23 bits per heavy atom. The van der Waals surface area contributed by atoms with Gasteiger partial charge in [-0.15, -0.1) is 0 Å². The predicted octanol–water partition coefficient (Wildman–Crippen LogP) is 2.77. The number of carbonyl (C=O) groups is 1. The van der Waals surface area contributed by atoms with Crippen molar-refractivity contribution < 1.29 is 14.3 Å². The molecule has 2 aliphatic rings. The van der Waals surface area contributed by atoms with Crippen LogP contribution in [0, 0.1) is 11.3 Å². The summed E-state index contributed by atoms with van der Waals surface area (Å²) in [5, 5.41) is 12.3. The van der Waals surface area contributed by atoms with Crippen molar-refractivity contribution >= 4 is 16.9 Å². The third kappa shape index (κ3) is 3.80. The topological polar surface area (TPSA) is 103 Å². The van der Waals surface area contributed by atoms with Gasteiger partial charge in [0.2, 0.25) is 0 Å². The molecule has 5 rings (SSSR count). The normalized spacial score (nSPS) is 20.9. The van der Waals surface area contributed by atoms with Crippen LogP contribution in [-0.2, 0) is 0 Å². The molecule has 1 amide bonds. The molecule has 8 heteroatoms. The van der Waals surface area contributed by atoms with Gasteiger partial charge in [-0.25, -0.2) is 4.98 Å². The van der Waals surface area contributed by atoms with Gasteiger partial charge in [-0.05, 0) is 56.3 Å². The number of carbonyl (C=O) groups excluding carboxylic acids is 1. The molecule has 1 unspecified atom stereocenters. The molecular weight excluding hydrogens is 394 g/mol. The van der Waals surface area contributed by atoms with E-state index in [9.17, 15) is 4.79 Å². The monoisotopic (exact) mass is 417 g/mol. The van der Waals surface area contributed by atoms with Crippen LogP contribution in [-0.4, -0.2) is 53.6 Å². The average molecular weight is 417 g/mol. The smallest absolute Gasteiger partial charge is 0.251 e. The van der Waals surface area contributed by atoms with Gasteiger partial charge in [0.25, 0.3) is 5.91 Å². The van der Waals surface area contributed by atoms with Crippen LogP contribution in [0.3, 0.4) is 0 Å². The van der Waals surface area contributed by atoms with Crippen molar-refractivity contribution in [2.24, 2.45) is 0 Å². The van der Waals surface area contributed by atoms with Crippen molar-refractivity contribution in [3.8, 4) is 17.6 Å². The molecule has 31 heavy (non-hydrogen) atoms. The zero-order valence-electron chi connectivity index (χ0n) is 17.2. The summed E-state index contributed by atoms with van der Waals surface area (Å²) >= 11 is 0. The Hall–Kier alpha value is -3.57. The fourth-order valence-corrected chi connectivity index (χ4v) is 4.24. The average Bonchev–Trinajstić information content (AvgIpc) is 3.23. The van der Waals surface area contributed by atoms with E-state index in [-0.39, 0.29) is 18.0 Å². The van der Waals surface area contributed by atoms with E-state index >= 15 is 0 Å². The van der Waals surface area contributed by atoms with Crippen LogP contribution in [0.5, 0.6) is 11.5 Å². The van der Waals surface area contributed by atoms with E-state index in [0.29, 0.717) is 35.8 Å². The summed E-state index contributed by atoms with van der Waals surface area (Å²) in [7, 11) is 2.07. The number of likely N-dealkylation sites (tertiary alicyclic amines) is 1. The van der Waals surface area contributed by atoms with E-state index < -0.39 is 0 Å². The maximum Gasteiger partial charge on any atom is 0.251 e. The molecule has 1 aromatic heterocycles. The fraction of sp³-hybridized carbons (Fsp3) is 0.348. The molecule has 3 heterocycles. The number of nitrogens with one attached hydrogen (secondary N) is 2. The van der Waals surface area contributed by atoms with Gasteiger partial charge in [0.15, 0.2) is 11.5 Å². The molecule has 0 saturated carbocycles. The number of rotatable bonds is 3. The van der Waals surface area contributed by atoms with Crippen molar-refractivity contribution in [1.82, 2.24) is 20.2 Å². The minimum Gasteiger partial charge on any atom is -0.486 e. The molecule has 1 saturated heterocycles. The SMILES string of the molecule is CN1CCC(NC(=O)c2ccc3c(c2)OCCO3)C[C@@H]1c1nc2ccc(C#N)cc2[nH]1. The minimum absolute atomic E-state index is 0.0322. The Morgan fingerprint density at radius 2 is 2.06 bits per heavy atom. The third-order valence-electron chi connectivity index (χ3n) is 5.95. The number of hydrogen-bond acceptors (Lipinski definition) is 6. The standard InChI is InChI=1S/C23H23N5O3/c1-28-7-6-16(25-23(29)15-3-5-20-21(11-15)31-9-8-30-20)12-19(28)22-26-17-4-2-14(13-24)10-18(17)27-22/h2-5,10-11,16,19H,6-9,12H2,1H3,(H,25,29)(H,26,27)/t16?,19-/m1/s1. The van der Waals surface area contributed by atoms with Gasteiger partial charge in [0.05, 0.1) is 28.7 Å². The second-order valence-corrected chi connectivity index (χ2v) is 8.02. The van der Waals surface area contributed by atoms with Crippen LogP contribution in [0.4, 0.5) is 0 Å². The number of nitriles is 1. The molecule has 2 atom stereocenters. The highest BCUT2D eigenvalue weighted by molar-refractivity contribution is 5.95. The van der Waals surface area contributed by atoms with Crippen molar-refractivity contribution in [2.45, 2.75) is 24.9 Å². The van der Waals surface area contributed by atoms with Crippen LogP contribution in [0.25, 0.3) is 11.0 Å². The van der Waals surface area contributed by atoms with Crippen molar-refractivity contribution in [2.75, 3.05) is 26.8 Å². The predicted molar refractivity (Wildman–Crippen MR) is 114 cm³/mol. The highest BCUT2D eigenvalue weighted by atomic mass is 16.6. The Bertz CT molecular complexity index is 1180. The second-order valence-electron chi connectivity index (χ2n) is 8.02. The highest BCUT2D eigenvalue weighted by Gasteiger charge is 2.30. The lowest BCUT2D eigenvalue weighted by Gasteiger charge is -2.36. The highest BCUT2D eigenvalue weighted by Crippen LogP contribution is 2.32. The Labute approximate surface area is 179 Å². The van der Waals surface area contributed by atoms with Gasteiger partial charge < -0.3 is 19.8 Å². The summed E-state index contributed by atoms with van der Waals surface area (Å²) in [6.07, 6.45) is 1.61. The summed E-state index contributed by atoms with van der Waals surface area (Å²) in [4.78, 5) is 23.2. The van der Waals surface area contributed by atoms with Gasteiger partial charge >= 0.3 is 0 Å². The second kappa shape index (κ2) is 7.93. The first-order chi connectivity index (χ1) is 15.1. The maximum atomic E-state index is 12.9. The summed E-state index contributed by atoms with van der Waals surface area (Å²) < 4.78 is 11.1. The number of aromatic nitrogens is 2. The van der Waals surface area contributed by atoms with E-state index in [4.69, 9.17) is 19.7 Å². The third-order valence-corrected chi connectivity index (χ3v) is 5.95. The summed E-state index contributed by atoms with van der Waals surface area (Å²) in [5.41, 5.74) is 2.85. The molecular formula is C23H23N5O3. The van der Waals surface area contributed by atoms with Gasteiger partial charge in [-0.2, -0.15) is 5.26 Å². The van der Waals surface area contributed by atoms with Gasteiger partial charge in [0, 0.05) is 18.2 Å². The first kappa shape index (κ1) is 19.4. The number of ether oxygens (including phenoxy) is 2. The maximum absolute atomic E-state index is 12.9. The van der Waals surface area contributed by atoms with Gasteiger partial charge in [-0.1, -0.05) is 0 Å². The Morgan fingerprint density at radius 3 is 2.90 bits per heavy atom. The van der Waals surface area contributed by atoms with Crippen molar-refractivity contribution in [1.29, 1.82) is 5.26 Å². The summed E-state index contributed by atoms with van der Waals surface area (Å²) in [5.74, 6) is 2.02. The molecule has 0 aliphatic carbocycles. The van der Waals surface area contributed by atoms with Crippen molar-refractivity contribution in [3.05, 3.63) is 53.3 Å². The summed E-state index contributed by atoms with van der Waals surface area (Å²) in [6.45, 7) is 1.86. The number of imidazole rings is 1. The molecule has 0 spiro atoms. The lowest BCUT2D eigenvalue weighted by molar-refractivity contribution is 0.0883. The van der Waals surface area contributed by atoms with E-state index in [1.54, 1.807) is 24.3 Å². The molecule has 2 aliphatic heterocycles. The number of hydrogen-bond donors (Lipinski definition) is 2. The Balaban J connectivity index is 1.31. The van der Waals surface area contributed by atoms with E-state index in [0.717, 1.165) is 36.2 Å². The molecule has 2 aromatic carbocycles. The lowest BCUT2D eigenvalue weighted by Crippen LogP contribution is -2.45. The molecule has 8 nitrogen and oxygen atoms in total. The lowest BCUT2D eigenvalue weighted by atomic mass is 9.96. The largest absolute Gasteiger partial charge is 0.486 e. The van der Waals surface area contributed by atoms with Crippen molar-refractivity contribution in [3.63, 3.8) is 0 Å². The van der Waals surface area contributed by atoms with Crippen LogP contribution < -0.4 is 14.8 Å². The number of fused-ring (bicyclic) bond motifs is 2. The number of H-pyrrole nitrogens is 1. The first-order valence-corrected chi connectivity index (χ1v) is 10.4. The quantitative estimate of drug-likeness (QED) is 0.679. The van der Waals surface area contributed by atoms with E-state index in [2.05, 4.69) is 28.3 Å². The van der Waals surface area contributed by atoms with Crippen LogP contribution in [0.1, 0.15) is 40.6 Å². The molecule has 1 fully saturated rings. The zero-order chi connectivity index (χ0) is 21.4. The van der Waals surface area contributed by atoms with Crippen LogP contribution in [0.15, 0.2) is 36.4 Å². The van der Waals surface area contributed by atoms with E-state index in [1.807, 2.05) is 12.1 Å². The number of aromatic amines is 1. The molecule has 0 bridgehead atoms. The number of nitrogens with zero attached hydrogens (tertiary/aromatic N) is 3. The molecule has 2 N–H and O–H groups in total. The first-order valence-electron chi connectivity index (χ1n) is 10.4. The van der Waals surface area contributed by atoms with Crippen LogP contribution >= 0.6 is 0 Å². The molecule has 3 aromatic rings. The molecule has 158 valence electrons. The number of piperidine rings is 1. The molecule has 0 radical (unpaired) electrons. The van der Waals surface area contributed by atoms with E-state index in [1.165, 1.54) is 0 Å². The minimum atomic E-state index is -0.117. The van der Waals surface area contributed by atoms with Crippen LogP contribution in [0.2, 0.25) is 0 Å². The number of amides is 1. The van der Waals surface area contributed by atoms with Gasteiger partial charge in [-0.3, -0.25) is 9.69 Å². The van der Waals surface area contributed by atoms with Gasteiger partial charge in [0.1, 0.15) is 19.0 Å². The zero-order valence-corrected chi connectivity index (χ0v) is 17.2. The fourth-order valence-electron chi connectivity index (χ4n) is 4.24. The summed E-state index contributed by atoms with van der Waals surface area (Å²) in [6, 6.07) is 13.0. The Kier molecular flexibility index (Phi) is 4.96.